The van der Waals surface area contributed by atoms with Crippen molar-refractivity contribution in [3.63, 3.8) is 0 Å². The normalized spacial score (nSPS) is 34.9. The van der Waals surface area contributed by atoms with E-state index >= 15 is 0 Å². The maximum Gasteiger partial charge on any atom is 0.303 e. The van der Waals surface area contributed by atoms with Crippen LogP contribution in [0.3, 0.4) is 0 Å². The van der Waals surface area contributed by atoms with Crippen LogP contribution >= 0.6 is 0 Å². The van der Waals surface area contributed by atoms with Gasteiger partial charge in [-0.15, -0.1) is 0 Å². The van der Waals surface area contributed by atoms with E-state index < -0.39 is 5.97 Å². The van der Waals surface area contributed by atoms with Gasteiger partial charge in [0.15, 0.2) is 0 Å². The van der Waals surface area contributed by atoms with Crippen LogP contribution < -0.4 is 0 Å². The first kappa shape index (κ1) is 12.5. The molecule has 3 nitrogen and oxygen atoms in total. The highest BCUT2D eigenvalue weighted by atomic mass is 16.4. The van der Waals surface area contributed by atoms with Crippen LogP contribution in [0.1, 0.15) is 51.4 Å². The Labute approximate surface area is 110 Å². The molecule has 1 saturated heterocycles. The Morgan fingerprint density at radius 2 is 1.89 bits per heavy atom. The monoisotopic (exact) mass is 251 g/mol. The number of likely N-dealkylation sites (tertiary alicyclic amines) is 1. The summed E-state index contributed by atoms with van der Waals surface area (Å²) in [6.45, 7) is 3.50. The van der Waals surface area contributed by atoms with Gasteiger partial charge in [-0.05, 0) is 49.5 Å². The zero-order chi connectivity index (χ0) is 12.6. The summed E-state index contributed by atoms with van der Waals surface area (Å²) in [5.74, 6) is 1.28. The van der Waals surface area contributed by atoms with Crippen LogP contribution in [0, 0.1) is 17.3 Å². The summed E-state index contributed by atoms with van der Waals surface area (Å²) in [6.07, 6.45) is 9.70. The molecule has 1 N–H and O–H groups in total. The SMILES string of the molecule is O=C(O)CC1(CN2CCC3CCCCC3C2)CC1. The van der Waals surface area contributed by atoms with Gasteiger partial charge in [0, 0.05) is 13.1 Å². The van der Waals surface area contributed by atoms with Crippen LogP contribution in [0.5, 0.6) is 0 Å². The molecule has 2 unspecified atom stereocenters. The highest BCUT2D eigenvalue weighted by Crippen LogP contribution is 2.50. The van der Waals surface area contributed by atoms with Gasteiger partial charge in [0.1, 0.15) is 0 Å². The predicted molar refractivity (Wildman–Crippen MR) is 70.4 cm³/mol. The molecule has 0 spiro atoms. The molecule has 0 aromatic carbocycles. The largest absolute Gasteiger partial charge is 0.481 e. The van der Waals surface area contributed by atoms with E-state index in [1.165, 1.54) is 45.2 Å². The lowest BCUT2D eigenvalue weighted by molar-refractivity contribution is -0.138. The molecule has 2 aliphatic carbocycles. The molecular weight excluding hydrogens is 226 g/mol. The second-order valence-corrected chi connectivity index (χ2v) is 6.90. The first-order chi connectivity index (χ1) is 8.67. The zero-order valence-electron chi connectivity index (χ0n) is 11.2. The molecule has 3 fully saturated rings. The van der Waals surface area contributed by atoms with Crippen molar-refractivity contribution in [1.82, 2.24) is 4.90 Å². The van der Waals surface area contributed by atoms with Crippen molar-refractivity contribution in [3.8, 4) is 0 Å². The van der Waals surface area contributed by atoms with Gasteiger partial charge in [0.2, 0.25) is 0 Å². The summed E-state index contributed by atoms with van der Waals surface area (Å²) in [5.41, 5.74) is 0.146. The summed E-state index contributed by atoms with van der Waals surface area (Å²) < 4.78 is 0. The van der Waals surface area contributed by atoms with Gasteiger partial charge in [-0.25, -0.2) is 0 Å². The number of rotatable bonds is 4. The lowest BCUT2D eigenvalue weighted by Crippen LogP contribution is -2.44. The fourth-order valence-corrected chi connectivity index (χ4v) is 4.18. The number of fused-ring (bicyclic) bond motifs is 1. The number of carbonyl (C=O) groups is 1. The Morgan fingerprint density at radius 1 is 1.17 bits per heavy atom. The highest BCUT2D eigenvalue weighted by Gasteiger charge is 2.46. The minimum atomic E-state index is -0.611. The number of piperidine rings is 1. The number of carboxylic acid groups (broad SMARTS) is 1. The average molecular weight is 251 g/mol. The molecule has 2 atom stereocenters. The molecular formula is C15H25NO2. The van der Waals surface area contributed by atoms with Crippen LogP contribution in [-0.2, 0) is 4.79 Å². The minimum absolute atomic E-state index is 0.146. The second-order valence-electron chi connectivity index (χ2n) is 6.90. The number of carboxylic acids is 1. The summed E-state index contributed by atoms with van der Waals surface area (Å²) in [7, 11) is 0. The van der Waals surface area contributed by atoms with Crippen molar-refractivity contribution in [2.75, 3.05) is 19.6 Å². The van der Waals surface area contributed by atoms with Crippen LogP contribution in [0.25, 0.3) is 0 Å². The maximum absolute atomic E-state index is 10.9. The maximum atomic E-state index is 10.9. The number of nitrogens with zero attached hydrogens (tertiary/aromatic N) is 1. The Kier molecular flexibility index (Phi) is 3.35. The molecule has 18 heavy (non-hydrogen) atoms. The zero-order valence-corrected chi connectivity index (χ0v) is 11.2. The van der Waals surface area contributed by atoms with Crippen LogP contribution in [0.2, 0.25) is 0 Å². The standard InChI is InChI=1S/C15H25NO2/c17-14(18)9-15(6-7-15)11-16-8-5-12-3-1-2-4-13(12)10-16/h12-13H,1-11H2,(H,17,18). The lowest BCUT2D eigenvalue weighted by Gasteiger charge is -2.42. The molecule has 0 bridgehead atoms. The summed E-state index contributed by atoms with van der Waals surface area (Å²) in [6, 6.07) is 0. The molecule has 3 heteroatoms. The third kappa shape index (κ3) is 2.71. The third-order valence-electron chi connectivity index (χ3n) is 5.42. The van der Waals surface area contributed by atoms with Crippen LogP contribution in [0.4, 0.5) is 0 Å². The second kappa shape index (κ2) is 4.84. The Bertz CT molecular complexity index is 324. The minimum Gasteiger partial charge on any atom is -0.481 e. The van der Waals surface area contributed by atoms with Crippen LogP contribution in [-0.4, -0.2) is 35.6 Å². The van der Waals surface area contributed by atoms with Gasteiger partial charge >= 0.3 is 5.97 Å². The molecule has 0 aromatic rings. The third-order valence-corrected chi connectivity index (χ3v) is 5.42. The van der Waals surface area contributed by atoms with Gasteiger partial charge in [0.25, 0.3) is 0 Å². The number of aliphatic carboxylic acids is 1. The average Bonchev–Trinajstić information content (AvgIpc) is 3.07. The van der Waals surface area contributed by atoms with Gasteiger partial charge < -0.3 is 10.0 Å². The van der Waals surface area contributed by atoms with Gasteiger partial charge in [-0.1, -0.05) is 19.3 Å². The summed E-state index contributed by atoms with van der Waals surface area (Å²) in [4.78, 5) is 13.5. The summed E-state index contributed by atoms with van der Waals surface area (Å²) in [5, 5.41) is 8.99. The first-order valence-electron chi connectivity index (χ1n) is 7.61. The first-order valence-corrected chi connectivity index (χ1v) is 7.61. The Balaban J connectivity index is 1.53. The molecule has 0 aromatic heterocycles. The van der Waals surface area contributed by atoms with Crippen molar-refractivity contribution in [2.45, 2.75) is 51.4 Å². The molecule has 3 rings (SSSR count). The van der Waals surface area contributed by atoms with E-state index in [1.54, 1.807) is 0 Å². The van der Waals surface area contributed by atoms with Crippen molar-refractivity contribution in [3.05, 3.63) is 0 Å². The Morgan fingerprint density at radius 3 is 2.56 bits per heavy atom. The van der Waals surface area contributed by atoms with Crippen molar-refractivity contribution >= 4 is 5.97 Å². The summed E-state index contributed by atoms with van der Waals surface area (Å²) >= 11 is 0. The van der Waals surface area contributed by atoms with Gasteiger partial charge in [-0.2, -0.15) is 0 Å². The Hall–Kier alpha value is -0.570. The molecule has 2 saturated carbocycles. The van der Waals surface area contributed by atoms with E-state index in [1.807, 2.05) is 0 Å². The van der Waals surface area contributed by atoms with Crippen molar-refractivity contribution in [2.24, 2.45) is 17.3 Å². The molecule has 1 heterocycles. The fraction of sp³-hybridized carbons (Fsp3) is 0.933. The number of hydrogen-bond donors (Lipinski definition) is 1. The smallest absolute Gasteiger partial charge is 0.303 e. The molecule has 1 aliphatic heterocycles. The van der Waals surface area contributed by atoms with Crippen molar-refractivity contribution in [1.29, 1.82) is 0 Å². The molecule has 0 amide bonds. The van der Waals surface area contributed by atoms with Crippen LogP contribution in [0.15, 0.2) is 0 Å². The fourth-order valence-electron chi connectivity index (χ4n) is 4.18. The van der Waals surface area contributed by atoms with E-state index in [-0.39, 0.29) is 5.41 Å². The molecule has 0 radical (unpaired) electrons. The van der Waals surface area contributed by atoms with E-state index in [9.17, 15) is 4.79 Å². The topological polar surface area (TPSA) is 40.5 Å². The van der Waals surface area contributed by atoms with Crippen molar-refractivity contribution < 1.29 is 9.90 Å². The predicted octanol–water partition coefficient (Wildman–Crippen LogP) is 2.75. The quantitative estimate of drug-likeness (QED) is 0.835. The molecule has 3 aliphatic rings. The van der Waals surface area contributed by atoms with E-state index in [2.05, 4.69) is 4.90 Å². The highest BCUT2D eigenvalue weighted by molar-refractivity contribution is 5.68. The van der Waals surface area contributed by atoms with Gasteiger partial charge in [-0.3, -0.25) is 4.79 Å². The van der Waals surface area contributed by atoms with E-state index in [0.717, 1.165) is 31.2 Å². The number of hydrogen-bond acceptors (Lipinski definition) is 2. The lowest BCUT2D eigenvalue weighted by atomic mass is 9.75. The van der Waals surface area contributed by atoms with E-state index in [4.69, 9.17) is 5.11 Å². The van der Waals surface area contributed by atoms with Gasteiger partial charge in [0.05, 0.1) is 6.42 Å². The van der Waals surface area contributed by atoms with E-state index in [0.29, 0.717) is 6.42 Å². The molecule has 102 valence electrons.